The molecule has 1 aromatic heterocycles. The molecule has 0 atom stereocenters. The summed E-state index contributed by atoms with van der Waals surface area (Å²) in [6.45, 7) is 0.678. The second-order valence-electron chi connectivity index (χ2n) is 4.70. The molecule has 1 heterocycles. The molecule has 5 nitrogen and oxygen atoms in total. The minimum atomic E-state index is 0.467. The maximum absolute atomic E-state index is 8.78. The number of rotatable bonds is 7. The quantitative estimate of drug-likeness (QED) is 0.204. The summed E-state index contributed by atoms with van der Waals surface area (Å²) in [4.78, 5) is 9.64. The number of nitrogens with zero attached hydrogens (tertiary/aromatic N) is 3. The zero-order chi connectivity index (χ0) is 16.2. The van der Waals surface area contributed by atoms with Gasteiger partial charge in [-0.15, -0.1) is 11.8 Å². The predicted molar refractivity (Wildman–Crippen MR) is 95.3 cm³/mol. The topological polar surface area (TPSA) is 73.1 Å². The van der Waals surface area contributed by atoms with E-state index in [-0.39, 0.29) is 0 Å². The van der Waals surface area contributed by atoms with Crippen LogP contribution in [-0.4, -0.2) is 23.2 Å². The maximum Gasteiger partial charge on any atom is 0.209 e. The minimum Gasteiger partial charge on any atom is -0.325 e. The van der Waals surface area contributed by atoms with Gasteiger partial charge in [-0.3, -0.25) is 15.3 Å². The summed E-state index contributed by atoms with van der Waals surface area (Å²) in [5.74, 6) is 1.53. The summed E-state index contributed by atoms with van der Waals surface area (Å²) in [7, 11) is 0. The van der Waals surface area contributed by atoms with Crippen LogP contribution in [0.1, 0.15) is 12.8 Å². The van der Waals surface area contributed by atoms with Crippen LogP contribution in [0.5, 0.6) is 0 Å². The van der Waals surface area contributed by atoms with Crippen LogP contribution in [0.4, 0.5) is 5.69 Å². The highest BCUT2D eigenvalue weighted by Crippen LogP contribution is 2.18. The van der Waals surface area contributed by atoms with Crippen LogP contribution in [-0.2, 0) is 0 Å². The van der Waals surface area contributed by atoms with Crippen LogP contribution in [0.15, 0.2) is 64.7 Å². The van der Waals surface area contributed by atoms with E-state index in [4.69, 9.17) is 5.26 Å². The van der Waals surface area contributed by atoms with Gasteiger partial charge in [0, 0.05) is 29.5 Å². The van der Waals surface area contributed by atoms with Crippen LogP contribution in [0.3, 0.4) is 0 Å². The molecule has 0 fully saturated rings. The first-order valence-electron chi connectivity index (χ1n) is 7.43. The number of hydrogen-bond acceptors (Lipinski definition) is 4. The molecule has 23 heavy (non-hydrogen) atoms. The smallest absolute Gasteiger partial charge is 0.209 e. The van der Waals surface area contributed by atoms with Crippen molar-refractivity contribution in [3.8, 4) is 6.19 Å². The van der Waals surface area contributed by atoms with Gasteiger partial charge in [0.15, 0.2) is 6.19 Å². The molecule has 1 aromatic carbocycles. The zero-order valence-corrected chi connectivity index (χ0v) is 13.6. The number of aliphatic imine (C=N–C) groups is 1. The Morgan fingerprint density at radius 3 is 2.65 bits per heavy atom. The van der Waals surface area contributed by atoms with E-state index < -0.39 is 0 Å². The minimum absolute atomic E-state index is 0.467. The molecule has 0 radical (unpaired) electrons. The van der Waals surface area contributed by atoms with Gasteiger partial charge in [-0.1, -0.05) is 18.2 Å². The Hall–Kier alpha value is -2.52. The Morgan fingerprint density at radius 1 is 1.13 bits per heavy atom. The van der Waals surface area contributed by atoms with E-state index in [9.17, 15) is 0 Å². The predicted octanol–water partition coefficient (Wildman–Crippen LogP) is 3.49. The van der Waals surface area contributed by atoms with Crippen LogP contribution in [0, 0.1) is 11.5 Å². The van der Waals surface area contributed by atoms with E-state index in [0.29, 0.717) is 12.5 Å². The highest BCUT2D eigenvalue weighted by atomic mass is 32.2. The number of hydrogen-bond donors (Lipinski definition) is 2. The standard InChI is InChI=1S/C17H19N5S/c18-14-21-17(22-15-8-11-19-12-9-15)20-10-4-5-13-23-16-6-2-1-3-7-16/h1-3,6-9,11-12H,4-5,10,13H2,(H2,19,20,21,22). The van der Waals surface area contributed by atoms with Gasteiger partial charge in [0.05, 0.1) is 0 Å². The van der Waals surface area contributed by atoms with Crippen molar-refractivity contribution in [2.24, 2.45) is 4.99 Å². The van der Waals surface area contributed by atoms with E-state index >= 15 is 0 Å². The molecule has 0 spiro atoms. The largest absolute Gasteiger partial charge is 0.325 e. The molecular weight excluding hydrogens is 306 g/mol. The Kier molecular flexibility index (Phi) is 7.50. The summed E-state index contributed by atoms with van der Waals surface area (Å²) in [6.07, 6.45) is 7.34. The molecule has 0 unspecified atom stereocenters. The van der Waals surface area contributed by atoms with Gasteiger partial charge in [-0.05, 0) is 42.9 Å². The van der Waals surface area contributed by atoms with Crippen LogP contribution < -0.4 is 10.6 Å². The van der Waals surface area contributed by atoms with Crippen molar-refractivity contribution in [3.05, 3.63) is 54.9 Å². The molecule has 2 N–H and O–H groups in total. The van der Waals surface area contributed by atoms with Crippen molar-refractivity contribution in [1.29, 1.82) is 5.26 Å². The first-order chi connectivity index (χ1) is 11.4. The number of nitrogens with one attached hydrogen (secondary N) is 2. The normalized spacial score (nSPS) is 10.8. The van der Waals surface area contributed by atoms with Gasteiger partial charge >= 0.3 is 0 Å². The lowest BCUT2D eigenvalue weighted by atomic mass is 10.3. The van der Waals surface area contributed by atoms with E-state index in [1.165, 1.54) is 4.90 Å². The lowest BCUT2D eigenvalue weighted by molar-refractivity contribution is 0.812. The molecule has 2 aromatic rings. The second kappa shape index (κ2) is 10.2. The lowest BCUT2D eigenvalue weighted by Crippen LogP contribution is -2.27. The zero-order valence-electron chi connectivity index (χ0n) is 12.8. The second-order valence-corrected chi connectivity index (χ2v) is 5.86. The van der Waals surface area contributed by atoms with Gasteiger partial charge in [0.1, 0.15) is 0 Å². The van der Waals surface area contributed by atoms with E-state index in [0.717, 1.165) is 24.3 Å². The number of unbranched alkanes of at least 4 members (excludes halogenated alkanes) is 1. The number of benzene rings is 1. The van der Waals surface area contributed by atoms with E-state index in [2.05, 4.69) is 44.9 Å². The van der Waals surface area contributed by atoms with Crippen molar-refractivity contribution in [2.75, 3.05) is 17.6 Å². The summed E-state index contributed by atoms with van der Waals surface area (Å²) in [5.41, 5.74) is 0.848. The molecule has 0 aliphatic heterocycles. The lowest BCUT2D eigenvalue weighted by Gasteiger charge is -2.07. The van der Waals surface area contributed by atoms with Crippen molar-refractivity contribution in [1.82, 2.24) is 10.3 Å². The third-order valence-electron chi connectivity index (χ3n) is 2.95. The highest BCUT2D eigenvalue weighted by Gasteiger charge is 1.99. The third kappa shape index (κ3) is 6.85. The fraction of sp³-hybridized carbons (Fsp3) is 0.235. The summed E-state index contributed by atoms with van der Waals surface area (Å²) < 4.78 is 0. The highest BCUT2D eigenvalue weighted by molar-refractivity contribution is 7.99. The van der Waals surface area contributed by atoms with Crippen molar-refractivity contribution in [2.45, 2.75) is 17.7 Å². The number of thioether (sulfide) groups is 1. The molecule has 0 saturated carbocycles. The molecule has 6 heteroatoms. The monoisotopic (exact) mass is 325 g/mol. The molecule has 118 valence electrons. The van der Waals surface area contributed by atoms with Gasteiger partial charge < -0.3 is 5.32 Å². The number of pyridine rings is 1. The fourth-order valence-electron chi connectivity index (χ4n) is 1.85. The van der Waals surface area contributed by atoms with Gasteiger partial charge in [-0.25, -0.2) is 0 Å². The van der Waals surface area contributed by atoms with Gasteiger partial charge in [0.25, 0.3) is 0 Å². The molecule has 0 saturated heterocycles. The van der Waals surface area contributed by atoms with Crippen LogP contribution in [0.2, 0.25) is 0 Å². The van der Waals surface area contributed by atoms with Crippen molar-refractivity contribution >= 4 is 23.4 Å². The summed E-state index contributed by atoms with van der Waals surface area (Å²) >= 11 is 1.85. The molecule has 2 rings (SSSR count). The first-order valence-corrected chi connectivity index (χ1v) is 8.41. The number of guanidine groups is 1. The molecular formula is C17H19N5S. The first kappa shape index (κ1) is 16.8. The molecule has 0 bridgehead atoms. The molecule has 0 aliphatic carbocycles. The summed E-state index contributed by atoms with van der Waals surface area (Å²) in [5, 5.41) is 14.4. The van der Waals surface area contributed by atoms with Crippen LogP contribution in [0.25, 0.3) is 0 Å². The van der Waals surface area contributed by atoms with E-state index in [1.807, 2.05) is 36.2 Å². The Morgan fingerprint density at radius 2 is 1.91 bits per heavy atom. The fourth-order valence-corrected chi connectivity index (χ4v) is 2.78. The van der Waals surface area contributed by atoms with Crippen LogP contribution >= 0.6 is 11.8 Å². The molecule has 0 aliphatic rings. The average Bonchev–Trinajstić information content (AvgIpc) is 2.60. The van der Waals surface area contributed by atoms with Gasteiger partial charge in [-0.2, -0.15) is 5.26 Å². The average molecular weight is 325 g/mol. The van der Waals surface area contributed by atoms with Gasteiger partial charge in [0.2, 0.25) is 5.96 Å². The van der Waals surface area contributed by atoms with Crippen molar-refractivity contribution < 1.29 is 0 Å². The third-order valence-corrected chi connectivity index (χ3v) is 4.05. The number of nitriles is 1. The molecule has 0 amide bonds. The van der Waals surface area contributed by atoms with E-state index in [1.54, 1.807) is 12.4 Å². The number of anilines is 1. The SMILES string of the molecule is N#CNC(=NCCCCSc1ccccc1)Nc1ccncc1. The maximum atomic E-state index is 8.78. The Labute approximate surface area is 140 Å². The summed E-state index contributed by atoms with van der Waals surface area (Å²) in [6, 6.07) is 14.0. The van der Waals surface area contributed by atoms with Crippen molar-refractivity contribution in [3.63, 3.8) is 0 Å². The Bertz CT molecular complexity index is 637. The Balaban J connectivity index is 1.70. The number of aromatic nitrogens is 1.